The van der Waals surface area contributed by atoms with Crippen LogP contribution in [0.15, 0.2) is 48.5 Å². The summed E-state index contributed by atoms with van der Waals surface area (Å²) in [6.07, 6.45) is -0.465. The van der Waals surface area contributed by atoms with Crippen molar-refractivity contribution in [1.29, 1.82) is 0 Å². The van der Waals surface area contributed by atoms with E-state index in [1.807, 2.05) is 6.07 Å². The molecule has 0 heterocycles. The molecule has 2 aromatic carbocycles. The maximum atomic E-state index is 12.1. The van der Waals surface area contributed by atoms with E-state index in [9.17, 15) is 13.9 Å². The summed E-state index contributed by atoms with van der Waals surface area (Å²) in [7, 11) is 0. The van der Waals surface area contributed by atoms with Gasteiger partial charge in [0.1, 0.15) is 5.75 Å². The van der Waals surface area contributed by atoms with Crippen molar-refractivity contribution in [1.82, 2.24) is 0 Å². The SMILES string of the molecule is OC(Cc1cccc(Cl)c1)c1cccc(OC(F)F)c1. The first-order valence-electron chi connectivity index (χ1n) is 6.02. The van der Waals surface area contributed by atoms with Crippen LogP contribution in [-0.4, -0.2) is 11.7 Å². The molecule has 0 aliphatic carbocycles. The smallest absolute Gasteiger partial charge is 0.387 e. The zero-order valence-electron chi connectivity index (χ0n) is 10.5. The summed E-state index contributed by atoms with van der Waals surface area (Å²) in [5.41, 5.74) is 1.38. The number of alkyl halides is 2. The molecule has 0 aromatic heterocycles. The van der Waals surface area contributed by atoms with Crippen molar-refractivity contribution in [3.63, 3.8) is 0 Å². The Labute approximate surface area is 120 Å². The highest BCUT2D eigenvalue weighted by Gasteiger charge is 2.11. The highest BCUT2D eigenvalue weighted by molar-refractivity contribution is 6.30. The van der Waals surface area contributed by atoms with Gasteiger partial charge in [-0.25, -0.2) is 0 Å². The van der Waals surface area contributed by atoms with Gasteiger partial charge in [-0.05, 0) is 35.4 Å². The van der Waals surface area contributed by atoms with Crippen molar-refractivity contribution < 1.29 is 18.6 Å². The van der Waals surface area contributed by atoms with Gasteiger partial charge in [-0.2, -0.15) is 8.78 Å². The fraction of sp³-hybridized carbons (Fsp3) is 0.200. The molecule has 1 atom stereocenters. The minimum Gasteiger partial charge on any atom is -0.435 e. The molecule has 2 rings (SSSR count). The lowest BCUT2D eigenvalue weighted by atomic mass is 10.0. The molecule has 1 N–H and O–H groups in total. The first kappa shape index (κ1) is 14.8. The van der Waals surface area contributed by atoms with Crippen LogP contribution < -0.4 is 4.74 Å². The van der Waals surface area contributed by atoms with Crippen molar-refractivity contribution in [3.8, 4) is 5.75 Å². The summed E-state index contributed by atoms with van der Waals surface area (Å²) >= 11 is 5.87. The van der Waals surface area contributed by atoms with E-state index < -0.39 is 12.7 Å². The van der Waals surface area contributed by atoms with E-state index in [1.54, 1.807) is 30.3 Å². The second-order valence-corrected chi connectivity index (χ2v) is 4.74. The number of aliphatic hydroxyl groups excluding tert-OH is 1. The molecular formula is C15H13ClF2O2. The summed E-state index contributed by atoms with van der Waals surface area (Å²) in [6.45, 7) is -2.88. The van der Waals surface area contributed by atoms with E-state index in [1.165, 1.54) is 12.1 Å². The van der Waals surface area contributed by atoms with Crippen LogP contribution in [0.25, 0.3) is 0 Å². The fourth-order valence-corrected chi connectivity index (χ4v) is 2.12. The van der Waals surface area contributed by atoms with Gasteiger partial charge in [0, 0.05) is 11.4 Å². The van der Waals surface area contributed by atoms with Gasteiger partial charge in [0.25, 0.3) is 0 Å². The number of rotatable bonds is 5. The average Bonchev–Trinajstić information content (AvgIpc) is 2.38. The Morgan fingerprint density at radius 2 is 1.85 bits per heavy atom. The second-order valence-electron chi connectivity index (χ2n) is 4.30. The lowest BCUT2D eigenvalue weighted by Crippen LogP contribution is -2.05. The van der Waals surface area contributed by atoms with Crippen molar-refractivity contribution >= 4 is 11.6 Å². The highest BCUT2D eigenvalue weighted by atomic mass is 35.5. The van der Waals surface area contributed by atoms with E-state index in [0.717, 1.165) is 5.56 Å². The third-order valence-corrected chi connectivity index (χ3v) is 3.02. The summed E-state index contributed by atoms with van der Waals surface area (Å²) in [6, 6.07) is 13.2. The normalized spacial score (nSPS) is 12.4. The lowest BCUT2D eigenvalue weighted by Gasteiger charge is -2.13. The molecule has 0 saturated carbocycles. The third kappa shape index (κ3) is 4.18. The summed E-state index contributed by atoms with van der Waals surface area (Å²) in [4.78, 5) is 0. The summed E-state index contributed by atoms with van der Waals surface area (Å²) in [5.74, 6) is 0.0302. The molecule has 1 unspecified atom stereocenters. The standard InChI is InChI=1S/C15H13ClF2O2/c16-12-5-1-3-10(7-12)8-14(19)11-4-2-6-13(9-11)20-15(17)18/h1-7,9,14-15,19H,8H2. The lowest BCUT2D eigenvalue weighted by molar-refractivity contribution is -0.0499. The Morgan fingerprint density at radius 1 is 1.10 bits per heavy atom. The molecular weight excluding hydrogens is 286 g/mol. The molecule has 0 aliphatic rings. The van der Waals surface area contributed by atoms with Crippen LogP contribution in [0, 0.1) is 0 Å². The van der Waals surface area contributed by atoms with Gasteiger partial charge in [-0.1, -0.05) is 35.9 Å². The number of hydrogen-bond donors (Lipinski definition) is 1. The summed E-state index contributed by atoms with van der Waals surface area (Å²) < 4.78 is 28.6. The molecule has 20 heavy (non-hydrogen) atoms. The van der Waals surface area contributed by atoms with Crippen molar-refractivity contribution in [2.45, 2.75) is 19.1 Å². The second kappa shape index (κ2) is 6.68. The van der Waals surface area contributed by atoms with Crippen LogP contribution in [-0.2, 0) is 6.42 Å². The molecule has 0 aliphatic heterocycles. The maximum Gasteiger partial charge on any atom is 0.387 e. The third-order valence-electron chi connectivity index (χ3n) is 2.79. The van der Waals surface area contributed by atoms with Gasteiger partial charge in [-0.3, -0.25) is 0 Å². The van der Waals surface area contributed by atoms with Crippen LogP contribution in [0.3, 0.4) is 0 Å². The van der Waals surface area contributed by atoms with E-state index in [-0.39, 0.29) is 5.75 Å². The van der Waals surface area contributed by atoms with Gasteiger partial charge < -0.3 is 9.84 Å². The predicted molar refractivity (Wildman–Crippen MR) is 73.2 cm³/mol. The minimum absolute atomic E-state index is 0.0302. The average molecular weight is 299 g/mol. The maximum absolute atomic E-state index is 12.1. The van der Waals surface area contributed by atoms with Crippen molar-refractivity contribution in [2.24, 2.45) is 0 Å². The zero-order valence-corrected chi connectivity index (χ0v) is 11.2. The largest absolute Gasteiger partial charge is 0.435 e. The Hall–Kier alpha value is -1.65. The molecule has 5 heteroatoms. The molecule has 0 amide bonds. The number of halogens is 3. The van der Waals surface area contributed by atoms with Crippen LogP contribution >= 0.6 is 11.6 Å². The predicted octanol–water partition coefficient (Wildman–Crippen LogP) is 4.22. The Kier molecular flexibility index (Phi) is 4.93. The molecule has 0 spiro atoms. The van der Waals surface area contributed by atoms with E-state index in [4.69, 9.17) is 11.6 Å². The van der Waals surface area contributed by atoms with E-state index in [2.05, 4.69) is 4.74 Å². The van der Waals surface area contributed by atoms with Crippen molar-refractivity contribution in [3.05, 3.63) is 64.7 Å². The van der Waals surface area contributed by atoms with Gasteiger partial charge in [0.2, 0.25) is 0 Å². The molecule has 2 nitrogen and oxygen atoms in total. The quantitative estimate of drug-likeness (QED) is 0.895. The van der Waals surface area contributed by atoms with Crippen LogP contribution in [0.2, 0.25) is 5.02 Å². The molecule has 0 fully saturated rings. The zero-order chi connectivity index (χ0) is 14.5. The van der Waals surface area contributed by atoms with Crippen LogP contribution in [0.1, 0.15) is 17.2 Å². The number of ether oxygens (including phenoxy) is 1. The number of benzene rings is 2. The monoisotopic (exact) mass is 298 g/mol. The molecule has 0 saturated heterocycles. The fourth-order valence-electron chi connectivity index (χ4n) is 1.90. The summed E-state index contributed by atoms with van der Waals surface area (Å²) in [5, 5.41) is 10.7. The van der Waals surface area contributed by atoms with Gasteiger partial charge in [0.05, 0.1) is 6.10 Å². The minimum atomic E-state index is -2.88. The molecule has 2 aromatic rings. The van der Waals surface area contributed by atoms with Gasteiger partial charge >= 0.3 is 6.61 Å². The number of hydrogen-bond acceptors (Lipinski definition) is 2. The Bertz CT molecular complexity index is 575. The Balaban J connectivity index is 2.10. The molecule has 0 bridgehead atoms. The first-order chi connectivity index (χ1) is 9.54. The number of aliphatic hydroxyl groups is 1. The van der Waals surface area contributed by atoms with E-state index in [0.29, 0.717) is 17.0 Å². The first-order valence-corrected chi connectivity index (χ1v) is 6.39. The topological polar surface area (TPSA) is 29.5 Å². The van der Waals surface area contributed by atoms with Crippen LogP contribution in [0.5, 0.6) is 5.75 Å². The Morgan fingerprint density at radius 3 is 2.55 bits per heavy atom. The van der Waals surface area contributed by atoms with Gasteiger partial charge in [-0.15, -0.1) is 0 Å². The van der Waals surface area contributed by atoms with E-state index >= 15 is 0 Å². The van der Waals surface area contributed by atoms with Crippen LogP contribution in [0.4, 0.5) is 8.78 Å². The molecule has 0 radical (unpaired) electrons. The van der Waals surface area contributed by atoms with Gasteiger partial charge in [0.15, 0.2) is 0 Å². The van der Waals surface area contributed by atoms with Crippen molar-refractivity contribution in [2.75, 3.05) is 0 Å². The highest BCUT2D eigenvalue weighted by Crippen LogP contribution is 2.24. The molecule has 106 valence electrons.